The number of hydrogen-bond acceptors (Lipinski definition) is 3. The molecule has 0 saturated heterocycles. The summed E-state index contributed by atoms with van der Waals surface area (Å²) in [4.78, 5) is 0. The maximum absolute atomic E-state index is 5.57. The molecule has 2 aliphatic rings. The molecule has 0 saturated carbocycles. The van der Waals surface area contributed by atoms with Crippen molar-refractivity contribution >= 4 is 0 Å². The van der Waals surface area contributed by atoms with Gasteiger partial charge < -0.3 is 14.2 Å². The Bertz CT molecular complexity index is 253. The fourth-order valence-corrected chi connectivity index (χ4v) is 1.72. The Kier molecular flexibility index (Phi) is 3.31. The van der Waals surface area contributed by atoms with E-state index in [1.54, 1.807) is 0 Å². The predicted octanol–water partition coefficient (Wildman–Crippen LogP) is 2.39. The molecule has 0 fully saturated rings. The summed E-state index contributed by atoms with van der Waals surface area (Å²) in [5.74, 6) is 0. The van der Waals surface area contributed by atoms with Crippen molar-refractivity contribution in [3.05, 3.63) is 23.7 Å². The number of rotatable bonds is 6. The van der Waals surface area contributed by atoms with Gasteiger partial charge in [0.25, 0.3) is 0 Å². The topological polar surface area (TPSA) is 27.7 Å². The Morgan fingerprint density at radius 1 is 1.00 bits per heavy atom. The molecular weight excluding hydrogens is 192 g/mol. The summed E-state index contributed by atoms with van der Waals surface area (Å²) in [5.41, 5.74) is 2.69. The van der Waals surface area contributed by atoms with Crippen molar-refractivity contribution in [1.82, 2.24) is 0 Å². The Morgan fingerprint density at radius 3 is 1.73 bits per heavy atom. The monoisotopic (exact) mass is 210 g/mol. The zero-order valence-corrected chi connectivity index (χ0v) is 9.36. The summed E-state index contributed by atoms with van der Waals surface area (Å²) in [6.07, 6.45) is 6.12. The Balaban J connectivity index is 1.60. The van der Waals surface area contributed by atoms with Crippen LogP contribution in [0.25, 0.3) is 0 Å². The summed E-state index contributed by atoms with van der Waals surface area (Å²) in [5, 5.41) is 0. The maximum atomic E-state index is 5.57. The van der Waals surface area contributed by atoms with E-state index in [0.717, 1.165) is 12.8 Å². The quantitative estimate of drug-likeness (QED) is 0.673. The number of ether oxygens (including phenoxy) is 3. The molecule has 0 amide bonds. The molecule has 0 aromatic rings. The third-order valence-electron chi connectivity index (χ3n) is 2.95. The third-order valence-corrected chi connectivity index (χ3v) is 2.95. The van der Waals surface area contributed by atoms with Gasteiger partial charge >= 0.3 is 0 Å². The maximum Gasteiger partial charge on any atom is 0.145 e. The van der Waals surface area contributed by atoms with Crippen molar-refractivity contribution in [2.24, 2.45) is 0 Å². The van der Waals surface area contributed by atoms with Crippen LogP contribution in [0.3, 0.4) is 0 Å². The summed E-state index contributed by atoms with van der Waals surface area (Å²) in [6.45, 7) is 5.57. The van der Waals surface area contributed by atoms with Crippen molar-refractivity contribution in [3.8, 4) is 0 Å². The molecule has 2 atom stereocenters. The molecule has 3 heteroatoms. The molecule has 0 spiro atoms. The van der Waals surface area contributed by atoms with Gasteiger partial charge in [0.05, 0.1) is 25.7 Å². The molecule has 0 aromatic heterocycles. The molecule has 15 heavy (non-hydrogen) atoms. The van der Waals surface area contributed by atoms with Crippen molar-refractivity contribution < 1.29 is 14.2 Å². The van der Waals surface area contributed by atoms with Gasteiger partial charge in [0.1, 0.15) is 12.2 Å². The van der Waals surface area contributed by atoms with Crippen LogP contribution >= 0.6 is 0 Å². The van der Waals surface area contributed by atoms with Gasteiger partial charge in [-0.3, -0.25) is 0 Å². The first-order chi connectivity index (χ1) is 7.35. The van der Waals surface area contributed by atoms with Crippen LogP contribution in [0.4, 0.5) is 0 Å². The molecule has 3 nitrogen and oxygen atoms in total. The minimum atomic E-state index is 0.184. The average molecular weight is 210 g/mol. The van der Waals surface area contributed by atoms with Gasteiger partial charge in [0.2, 0.25) is 0 Å². The van der Waals surface area contributed by atoms with E-state index >= 15 is 0 Å². The second-order valence-corrected chi connectivity index (χ2v) is 3.88. The molecule has 84 valence electrons. The minimum Gasteiger partial charge on any atom is -0.491 e. The highest BCUT2D eigenvalue weighted by Gasteiger charge is 2.25. The molecule has 2 rings (SSSR count). The van der Waals surface area contributed by atoms with Gasteiger partial charge in [0, 0.05) is 11.1 Å². The van der Waals surface area contributed by atoms with E-state index in [0.29, 0.717) is 13.2 Å². The zero-order chi connectivity index (χ0) is 10.7. The first-order valence-electron chi connectivity index (χ1n) is 5.61. The zero-order valence-electron chi connectivity index (χ0n) is 9.36. The van der Waals surface area contributed by atoms with Crippen LogP contribution < -0.4 is 0 Å². The summed E-state index contributed by atoms with van der Waals surface area (Å²) < 4.78 is 16.1. The van der Waals surface area contributed by atoms with E-state index in [4.69, 9.17) is 14.2 Å². The molecule has 0 aliphatic carbocycles. The molecule has 2 unspecified atom stereocenters. The average Bonchev–Trinajstić information content (AvgIpc) is 2.15. The summed E-state index contributed by atoms with van der Waals surface area (Å²) in [7, 11) is 0. The summed E-state index contributed by atoms with van der Waals surface area (Å²) in [6, 6.07) is 0. The van der Waals surface area contributed by atoms with E-state index in [2.05, 4.69) is 13.8 Å². The minimum absolute atomic E-state index is 0.184. The Morgan fingerprint density at radius 2 is 1.47 bits per heavy atom. The Labute approximate surface area is 90.7 Å². The highest BCUT2D eigenvalue weighted by Crippen LogP contribution is 2.24. The van der Waals surface area contributed by atoms with Crippen LogP contribution in [0.15, 0.2) is 23.7 Å². The molecule has 2 aliphatic heterocycles. The van der Waals surface area contributed by atoms with Crippen LogP contribution in [-0.2, 0) is 14.2 Å². The lowest BCUT2D eigenvalue weighted by molar-refractivity contribution is -0.0262. The highest BCUT2D eigenvalue weighted by atomic mass is 16.6. The van der Waals surface area contributed by atoms with Gasteiger partial charge in [-0.05, 0) is 12.8 Å². The lowest BCUT2D eigenvalue weighted by Gasteiger charge is -2.30. The Hall–Kier alpha value is -0.960. The van der Waals surface area contributed by atoms with Crippen LogP contribution in [0.1, 0.15) is 26.7 Å². The van der Waals surface area contributed by atoms with E-state index in [1.165, 1.54) is 11.1 Å². The molecule has 0 N–H and O–H groups in total. The van der Waals surface area contributed by atoms with Crippen LogP contribution in [0.5, 0.6) is 0 Å². The van der Waals surface area contributed by atoms with Crippen molar-refractivity contribution in [2.45, 2.75) is 38.9 Å². The lowest BCUT2D eigenvalue weighted by Crippen LogP contribution is -2.32. The largest absolute Gasteiger partial charge is 0.491 e. The molecule has 0 radical (unpaired) electrons. The smallest absolute Gasteiger partial charge is 0.145 e. The summed E-state index contributed by atoms with van der Waals surface area (Å²) >= 11 is 0. The fraction of sp³-hybridized carbons (Fsp3) is 0.667. The molecule has 0 aromatic carbocycles. The third kappa shape index (κ3) is 2.17. The van der Waals surface area contributed by atoms with Crippen molar-refractivity contribution in [2.75, 3.05) is 13.2 Å². The molecular formula is C12H18O3. The first kappa shape index (κ1) is 10.6. The van der Waals surface area contributed by atoms with Gasteiger partial charge in [0.15, 0.2) is 0 Å². The fourth-order valence-electron chi connectivity index (χ4n) is 1.72. The van der Waals surface area contributed by atoms with Crippen LogP contribution in [0, 0.1) is 0 Å². The van der Waals surface area contributed by atoms with Crippen LogP contribution in [-0.4, -0.2) is 25.4 Å². The highest BCUT2D eigenvalue weighted by molar-refractivity contribution is 5.14. The van der Waals surface area contributed by atoms with Gasteiger partial charge in [-0.25, -0.2) is 0 Å². The van der Waals surface area contributed by atoms with Crippen LogP contribution in [0.2, 0.25) is 0 Å². The normalized spacial score (nSPS) is 27.9. The molecule has 0 bridgehead atoms. The van der Waals surface area contributed by atoms with Gasteiger partial charge in [-0.1, -0.05) is 13.8 Å². The van der Waals surface area contributed by atoms with E-state index in [1.807, 2.05) is 12.5 Å². The van der Waals surface area contributed by atoms with E-state index in [9.17, 15) is 0 Å². The van der Waals surface area contributed by atoms with Gasteiger partial charge in [-0.15, -0.1) is 0 Å². The first-order valence-corrected chi connectivity index (χ1v) is 5.61. The lowest BCUT2D eigenvalue weighted by atomic mass is 10.1. The SMILES string of the molecule is CCC1=COC1COCC1OC=C1CC. The van der Waals surface area contributed by atoms with Crippen molar-refractivity contribution in [3.63, 3.8) is 0 Å². The standard InChI is InChI=1S/C12H18O3/c1-3-9-5-14-11(9)7-13-8-12-10(4-2)6-15-12/h5-6,11-12H,3-4,7-8H2,1-2H3. The molecule has 2 heterocycles. The second-order valence-electron chi connectivity index (χ2n) is 3.88. The van der Waals surface area contributed by atoms with Crippen molar-refractivity contribution in [1.29, 1.82) is 0 Å². The van der Waals surface area contributed by atoms with Gasteiger partial charge in [-0.2, -0.15) is 0 Å². The van der Waals surface area contributed by atoms with E-state index in [-0.39, 0.29) is 12.2 Å². The van der Waals surface area contributed by atoms with E-state index < -0.39 is 0 Å². The predicted molar refractivity (Wildman–Crippen MR) is 57.3 cm³/mol. The number of hydrogen-bond donors (Lipinski definition) is 0. The second kappa shape index (κ2) is 4.71.